The van der Waals surface area contributed by atoms with E-state index in [1.54, 1.807) is 6.07 Å². The topological polar surface area (TPSA) is 79.3 Å². The van der Waals surface area contributed by atoms with Crippen molar-refractivity contribution in [2.45, 2.75) is 26.3 Å². The van der Waals surface area contributed by atoms with Crippen molar-refractivity contribution in [2.24, 2.45) is 0 Å². The van der Waals surface area contributed by atoms with Crippen LogP contribution in [0.2, 0.25) is 0 Å². The summed E-state index contributed by atoms with van der Waals surface area (Å²) in [5.41, 5.74) is 0.534. The molecule has 1 aromatic carbocycles. The number of likely N-dealkylation sites (N-methyl/N-ethyl adjacent to an activating group) is 1. The lowest BCUT2D eigenvalue weighted by Crippen LogP contribution is -3.10. The maximum Gasteiger partial charge on any atom is 0.275 e. The van der Waals surface area contributed by atoms with Gasteiger partial charge < -0.3 is 15.2 Å². The van der Waals surface area contributed by atoms with Gasteiger partial charge in [-0.3, -0.25) is 9.59 Å². The number of rotatable bonds is 6. The molecule has 0 aliphatic rings. The first-order valence-electron chi connectivity index (χ1n) is 7.61. The molecule has 0 aliphatic carbocycles. The van der Waals surface area contributed by atoms with Crippen LogP contribution in [0.1, 0.15) is 32.1 Å². The molecule has 1 heterocycles. The van der Waals surface area contributed by atoms with E-state index >= 15 is 0 Å². The van der Waals surface area contributed by atoms with Gasteiger partial charge in [0.15, 0.2) is 12.4 Å². The lowest BCUT2D eigenvalue weighted by atomic mass is 10.2. The standard InChI is InChI=1S/C16H22N4O2/c1-4-9-17-14(21)10-20(3)11(2)15-18-13-8-6-5-7-12(13)16(22)19-15/h5-8,11H,4,9-10H2,1-3H3,(H,17,21)(H,18,19,22)/p+1/t11-/m1/s1. The number of quaternary nitrogens is 1. The Morgan fingerprint density at radius 3 is 2.86 bits per heavy atom. The predicted molar refractivity (Wildman–Crippen MR) is 85.8 cm³/mol. The molecule has 0 bridgehead atoms. The maximum atomic E-state index is 12.1. The minimum absolute atomic E-state index is 0.00864. The number of para-hydroxylation sites is 1. The third kappa shape index (κ3) is 3.71. The normalized spacial score (nSPS) is 13.8. The Hall–Kier alpha value is -2.21. The minimum atomic E-state index is -0.143. The number of H-pyrrole nitrogens is 1. The van der Waals surface area contributed by atoms with Gasteiger partial charge in [-0.05, 0) is 25.5 Å². The van der Waals surface area contributed by atoms with E-state index in [2.05, 4.69) is 15.3 Å². The van der Waals surface area contributed by atoms with Gasteiger partial charge in [0.05, 0.1) is 18.0 Å². The molecule has 0 spiro atoms. The predicted octanol–water partition coefficient (Wildman–Crippen LogP) is 0.0250. The first-order chi connectivity index (χ1) is 10.5. The summed E-state index contributed by atoms with van der Waals surface area (Å²) in [5, 5.41) is 3.44. The Morgan fingerprint density at radius 1 is 1.41 bits per heavy atom. The lowest BCUT2D eigenvalue weighted by Gasteiger charge is -2.20. The molecule has 118 valence electrons. The largest absolute Gasteiger partial charge is 0.351 e. The number of carbonyl (C=O) groups excluding carboxylic acids is 1. The summed E-state index contributed by atoms with van der Waals surface area (Å²) in [6, 6.07) is 7.18. The Morgan fingerprint density at radius 2 is 2.14 bits per heavy atom. The first kappa shape index (κ1) is 16.2. The Bertz CT molecular complexity index is 711. The van der Waals surface area contributed by atoms with Crippen LogP contribution in [0.15, 0.2) is 29.1 Å². The van der Waals surface area contributed by atoms with E-state index in [1.807, 2.05) is 39.1 Å². The van der Waals surface area contributed by atoms with Gasteiger partial charge in [0.25, 0.3) is 11.5 Å². The Kier molecular flexibility index (Phi) is 5.27. The summed E-state index contributed by atoms with van der Waals surface area (Å²) in [4.78, 5) is 32.2. The van der Waals surface area contributed by atoms with Gasteiger partial charge in [-0.25, -0.2) is 4.98 Å². The van der Waals surface area contributed by atoms with Gasteiger partial charge in [0.1, 0.15) is 6.04 Å². The van der Waals surface area contributed by atoms with Crippen molar-refractivity contribution in [1.29, 1.82) is 0 Å². The van der Waals surface area contributed by atoms with Gasteiger partial charge in [-0.1, -0.05) is 19.1 Å². The molecular weight excluding hydrogens is 280 g/mol. The van der Waals surface area contributed by atoms with E-state index in [9.17, 15) is 9.59 Å². The number of fused-ring (bicyclic) bond motifs is 1. The molecule has 0 aliphatic heterocycles. The summed E-state index contributed by atoms with van der Waals surface area (Å²) in [6.45, 7) is 5.00. The van der Waals surface area contributed by atoms with Crippen molar-refractivity contribution in [3.63, 3.8) is 0 Å². The number of nitrogens with zero attached hydrogens (tertiary/aromatic N) is 1. The number of aromatic amines is 1. The van der Waals surface area contributed by atoms with Crippen LogP contribution in [0, 0.1) is 0 Å². The number of hydrogen-bond donors (Lipinski definition) is 3. The van der Waals surface area contributed by atoms with Crippen LogP contribution in [0.25, 0.3) is 10.9 Å². The fourth-order valence-electron chi connectivity index (χ4n) is 2.28. The van der Waals surface area contributed by atoms with Crippen LogP contribution >= 0.6 is 0 Å². The van der Waals surface area contributed by atoms with Crippen LogP contribution < -0.4 is 15.8 Å². The molecule has 2 aromatic rings. The molecule has 1 aromatic heterocycles. The van der Waals surface area contributed by atoms with Gasteiger partial charge in [0, 0.05) is 6.54 Å². The zero-order chi connectivity index (χ0) is 16.1. The fraction of sp³-hybridized carbons (Fsp3) is 0.438. The van der Waals surface area contributed by atoms with Crippen molar-refractivity contribution in [1.82, 2.24) is 15.3 Å². The summed E-state index contributed by atoms with van der Waals surface area (Å²) in [7, 11) is 1.92. The summed E-state index contributed by atoms with van der Waals surface area (Å²) in [5.74, 6) is 0.610. The molecule has 1 amide bonds. The number of aromatic nitrogens is 2. The molecule has 6 heteroatoms. The second-order valence-corrected chi connectivity index (χ2v) is 5.56. The van der Waals surface area contributed by atoms with Crippen molar-refractivity contribution >= 4 is 16.8 Å². The fourth-order valence-corrected chi connectivity index (χ4v) is 2.28. The highest BCUT2D eigenvalue weighted by Gasteiger charge is 2.21. The third-order valence-electron chi connectivity index (χ3n) is 3.79. The van der Waals surface area contributed by atoms with E-state index in [0.717, 1.165) is 11.3 Å². The van der Waals surface area contributed by atoms with Crippen LogP contribution in [0.3, 0.4) is 0 Å². The maximum absolute atomic E-state index is 12.1. The molecule has 3 N–H and O–H groups in total. The molecule has 0 saturated carbocycles. The molecule has 0 fully saturated rings. The van der Waals surface area contributed by atoms with Gasteiger partial charge in [-0.2, -0.15) is 0 Å². The summed E-state index contributed by atoms with van der Waals surface area (Å²) < 4.78 is 0. The van der Waals surface area contributed by atoms with Crippen molar-refractivity contribution in [3.05, 3.63) is 40.4 Å². The zero-order valence-electron chi connectivity index (χ0n) is 13.3. The molecule has 2 atom stereocenters. The van der Waals surface area contributed by atoms with Crippen molar-refractivity contribution in [3.8, 4) is 0 Å². The monoisotopic (exact) mass is 303 g/mol. The second-order valence-electron chi connectivity index (χ2n) is 5.56. The lowest BCUT2D eigenvalue weighted by molar-refractivity contribution is -0.903. The third-order valence-corrected chi connectivity index (χ3v) is 3.79. The van der Waals surface area contributed by atoms with Gasteiger partial charge >= 0.3 is 0 Å². The van der Waals surface area contributed by atoms with Crippen LogP contribution in [-0.4, -0.2) is 36.0 Å². The van der Waals surface area contributed by atoms with E-state index < -0.39 is 0 Å². The molecule has 6 nitrogen and oxygen atoms in total. The number of benzene rings is 1. The highest BCUT2D eigenvalue weighted by molar-refractivity contribution is 5.77. The van der Waals surface area contributed by atoms with Crippen molar-refractivity contribution in [2.75, 3.05) is 20.1 Å². The smallest absolute Gasteiger partial charge is 0.275 e. The van der Waals surface area contributed by atoms with Crippen LogP contribution in [0.5, 0.6) is 0 Å². The molecule has 0 radical (unpaired) electrons. The van der Waals surface area contributed by atoms with E-state index in [1.165, 1.54) is 0 Å². The second kappa shape index (κ2) is 7.17. The van der Waals surface area contributed by atoms with Crippen LogP contribution in [0.4, 0.5) is 0 Å². The molecule has 1 unspecified atom stereocenters. The number of amides is 1. The minimum Gasteiger partial charge on any atom is -0.351 e. The Balaban J connectivity index is 2.16. The van der Waals surface area contributed by atoms with Crippen molar-refractivity contribution < 1.29 is 9.69 Å². The highest BCUT2D eigenvalue weighted by Crippen LogP contribution is 2.08. The molecule has 2 rings (SSSR count). The number of hydrogen-bond acceptors (Lipinski definition) is 3. The average molecular weight is 303 g/mol. The number of nitrogens with one attached hydrogen (secondary N) is 3. The molecule has 0 saturated heterocycles. The zero-order valence-corrected chi connectivity index (χ0v) is 13.3. The number of carbonyl (C=O) groups is 1. The first-order valence-corrected chi connectivity index (χ1v) is 7.61. The van der Waals surface area contributed by atoms with E-state index in [-0.39, 0.29) is 17.5 Å². The quantitative estimate of drug-likeness (QED) is 0.704. The molecular formula is C16H23N4O2+. The SMILES string of the molecule is CCCNC(=O)C[NH+](C)[C@H](C)c1nc2ccccc2c(=O)[nH]1. The summed E-state index contributed by atoms with van der Waals surface area (Å²) in [6.07, 6.45) is 0.917. The van der Waals surface area contributed by atoms with Gasteiger partial charge in [0.2, 0.25) is 0 Å². The van der Waals surface area contributed by atoms with Crippen LogP contribution in [-0.2, 0) is 4.79 Å². The highest BCUT2D eigenvalue weighted by atomic mass is 16.2. The van der Waals surface area contributed by atoms with Gasteiger partial charge in [-0.15, -0.1) is 0 Å². The summed E-state index contributed by atoms with van der Waals surface area (Å²) >= 11 is 0. The molecule has 22 heavy (non-hydrogen) atoms. The average Bonchev–Trinajstić information content (AvgIpc) is 2.52. The van der Waals surface area contributed by atoms with E-state index in [4.69, 9.17) is 0 Å². The Labute approximate surface area is 129 Å². The van der Waals surface area contributed by atoms with E-state index in [0.29, 0.717) is 29.8 Å².